The molecule has 0 unspecified atom stereocenters. The normalized spacial score (nSPS) is 10.3. The van der Waals surface area contributed by atoms with E-state index in [-0.39, 0.29) is 6.61 Å². The van der Waals surface area contributed by atoms with Crippen LogP contribution >= 0.6 is 0 Å². The molecule has 3 heteroatoms. The van der Waals surface area contributed by atoms with Crippen molar-refractivity contribution in [1.29, 1.82) is 0 Å². The predicted molar refractivity (Wildman–Crippen MR) is 74.4 cm³/mol. The van der Waals surface area contributed by atoms with E-state index in [1.807, 2.05) is 36.1 Å². The first-order valence-electron chi connectivity index (χ1n) is 5.97. The molecule has 1 N–H and O–H groups in total. The summed E-state index contributed by atoms with van der Waals surface area (Å²) in [6, 6.07) is 7.94. The van der Waals surface area contributed by atoms with Crippen LogP contribution in [0.3, 0.4) is 0 Å². The molecule has 3 nitrogen and oxygen atoms in total. The number of rotatable bonds is 4. The maximum Gasteiger partial charge on any atom is 0.137 e. The van der Waals surface area contributed by atoms with Crippen LogP contribution < -0.4 is 4.90 Å². The number of hydrogen-bond donors (Lipinski definition) is 1. The van der Waals surface area contributed by atoms with Gasteiger partial charge in [-0.25, -0.2) is 4.98 Å². The number of fused-ring (bicyclic) bond motifs is 1. The highest BCUT2D eigenvalue weighted by molar-refractivity contribution is 5.94. The van der Waals surface area contributed by atoms with E-state index in [0.29, 0.717) is 6.54 Å². The van der Waals surface area contributed by atoms with Crippen molar-refractivity contribution in [2.24, 2.45) is 0 Å². The average Bonchev–Trinajstić information content (AvgIpc) is 2.44. The first-order valence-corrected chi connectivity index (χ1v) is 5.97. The van der Waals surface area contributed by atoms with Crippen molar-refractivity contribution in [3.63, 3.8) is 0 Å². The Bertz CT molecular complexity index is 587. The number of hydrogen-bond acceptors (Lipinski definition) is 3. The quantitative estimate of drug-likeness (QED) is 0.832. The van der Waals surface area contributed by atoms with Gasteiger partial charge in [0.15, 0.2) is 0 Å². The Hall–Kier alpha value is -2.05. The summed E-state index contributed by atoms with van der Waals surface area (Å²) < 4.78 is 0. The molecule has 2 rings (SSSR count). The molecule has 0 radical (unpaired) electrons. The lowest BCUT2D eigenvalue weighted by molar-refractivity contribution is 0.283. The zero-order valence-electron chi connectivity index (χ0n) is 10.4. The minimum Gasteiger partial charge on any atom is -0.392 e. The number of aromatic nitrogens is 1. The number of aliphatic hydroxyl groups is 1. The van der Waals surface area contributed by atoms with Crippen LogP contribution in [0.25, 0.3) is 10.8 Å². The standard InChI is InChI=1S/C15H16N2O/c1-3-9-17(4-2)15-14-8-6-5-7-13(14)12(11-18)10-16-15/h1,5-8,10,18H,4,9,11H2,2H3. The maximum atomic E-state index is 9.34. The smallest absolute Gasteiger partial charge is 0.137 e. The van der Waals surface area contributed by atoms with Crippen LogP contribution in [0.1, 0.15) is 12.5 Å². The van der Waals surface area contributed by atoms with Crippen molar-refractivity contribution < 1.29 is 5.11 Å². The second-order valence-electron chi connectivity index (χ2n) is 4.03. The Morgan fingerprint density at radius 1 is 1.33 bits per heavy atom. The van der Waals surface area contributed by atoms with Gasteiger partial charge in [0, 0.05) is 23.7 Å². The maximum absolute atomic E-state index is 9.34. The van der Waals surface area contributed by atoms with E-state index in [2.05, 4.69) is 10.9 Å². The van der Waals surface area contributed by atoms with Crippen LogP contribution in [0.5, 0.6) is 0 Å². The van der Waals surface area contributed by atoms with Crippen molar-refractivity contribution in [2.45, 2.75) is 13.5 Å². The Morgan fingerprint density at radius 3 is 2.67 bits per heavy atom. The molecule has 18 heavy (non-hydrogen) atoms. The topological polar surface area (TPSA) is 36.4 Å². The highest BCUT2D eigenvalue weighted by Crippen LogP contribution is 2.26. The summed E-state index contributed by atoms with van der Waals surface area (Å²) in [7, 11) is 0. The first-order chi connectivity index (χ1) is 8.81. The fourth-order valence-corrected chi connectivity index (χ4v) is 2.06. The van der Waals surface area contributed by atoms with Crippen LogP contribution in [0.2, 0.25) is 0 Å². The van der Waals surface area contributed by atoms with Gasteiger partial charge >= 0.3 is 0 Å². The fourth-order valence-electron chi connectivity index (χ4n) is 2.06. The largest absolute Gasteiger partial charge is 0.392 e. The Morgan fingerprint density at radius 2 is 2.06 bits per heavy atom. The van der Waals surface area contributed by atoms with Gasteiger partial charge in [-0.2, -0.15) is 0 Å². The van der Waals surface area contributed by atoms with Crippen LogP contribution in [0.15, 0.2) is 30.5 Å². The molecule has 1 heterocycles. The SMILES string of the molecule is C#CCN(CC)c1ncc(CO)c2ccccc12. The number of terminal acetylenes is 1. The molecule has 0 aliphatic rings. The summed E-state index contributed by atoms with van der Waals surface area (Å²) in [5.41, 5.74) is 0.839. The Balaban J connectivity index is 2.62. The lowest BCUT2D eigenvalue weighted by atomic mass is 10.1. The summed E-state index contributed by atoms with van der Waals surface area (Å²) in [6.45, 7) is 3.38. The summed E-state index contributed by atoms with van der Waals surface area (Å²) >= 11 is 0. The van der Waals surface area contributed by atoms with Gasteiger partial charge in [0.25, 0.3) is 0 Å². The van der Waals surface area contributed by atoms with Gasteiger partial charge in [0.2, 0.25) is 0 Å². The van der Waals surface area contributed by atoms with Crippen molar-refractivity contribution in [2.75, 3.05) is 18.0 Å². The highest BCUT2D eigenvalue weighted by atomic mass is 16.3. The van der Waals surface area contributed by atoms with Crippen molar-refractivity contribution in [3.05, 3.63) is 36.0 Å². The number of benzene rings is 1. The molecular formula is C15H16N2O. The van der Waals surface area contributed by atoms with Gasteiger partial charge in [-0.3, -0.25) is 0 Å². The Labute approximate surface area is 107 Å². The predicted octanol–water partition coefficient (Wildman–Crippen LogP) is 2.19. The molecule has 0 amide bonds. The molecule has 0 aliphatic carbocycles. The molecule has 0 saturated heterocycles. The zero-order chi connectivity index (χ0) is 13.0. The lowest BCUT2D eigenvalue weighted by Crippen LogP contribution is -2.24. The molecule has 2 aromatic rings. The molecule has 0 fully saturated rings. The first kappa shape index (κ1) is 12.4. The van der Waals surface area contributed by atoms with Crippen LogP contribution in [-0.2, 0) is 6.61 Å². The van der Waals surface area contributed by atoms with Crippen molar-refractivity contribution >= 4 is 16.6 Å². The van der Waals surface area contributed by atoms with E-state index in [0.717, 1.165) is 28.7 Å². The second kappa shape index (κ2) is 5.52. The number of nitrogens with zero attached hydrogens (tertiary/aromatic N) is 2. The summed E-state index contributed by atoms with van der Waals surface area (Å²) in [5, 5.41) is 11.4. The number of anilines is 1. The highest BCUT2D eigenvalue weighted by Gasteiger charge is 2.11. The summed E-state index contributed by atoms with van der Waals surface area (Å²) in [5.74, 6) is 3.53. The molecule has 92 valence electrons. The van der Waals surface area contributed by atoms with Crippen LogP contribution in [-0.4, -0.2) is 23.2 Å². The Kier molecular flexibility index (Phi) is 3.81. The van der Waals surface area contributed by atoms with Gasteiger partial charge in [0.05, 0.1) is 13.2 Å². The van der Waals surface area contributed by atoms with Gasteiger partial charge < -0.3 is 10.0 Å². The number of pyridine rings is 1. The molecule has 0 spiro atoms. The van der Waals surface area contributed by atoms with E-state index in [1.165, 1.54) is 0 Å². The fraction of sp³-hybridized carbons (Fsp3) is 0.267. The van der Waals surface area contributed by atoms with Crippen LogP contribution in [0.4, 0.5) is 5.82 Å². The third kappa shape index (κ3) is 2.15. The molecule has 0 bridgehead atoms. The van der Waals surface area contributed by atoms with Crippen molar-refractivity contribution in [1.82, 2.24) is 4.98 Å². The third-order valence-electron chi connectivity index (χ3n) is 2.99. The van der Waals surface area contributed by atoms with Crippen molar-refractivity contribution in [3.8, 4) is 12.3 Å². The summed E-state index contributed by atoms with van der Waals surface area (Å²) in [4.78, 5) is 6.48. The van der Waals surface area contributed by atoms with E-state index in [4.69, 9.17) is 6.42 Å². The summed E-state index contributed by atoms with van der Waals surface area (Å²) in [6.07, 6.45) is 7.10. The van der Waals surface area contributed by atoms with E-state index in [9.17, 15) is 5.11 Å². The molecule has 1 aromatic heterocycles. The zero-order valence-corrected chi connectivity index (χ0v) is 10.4. The second-order valence-corrected chi connectivity index (χ2v) is 4.03. The van der Waals surface area contributed by atoms with Gasteiger partial charge in [0.1, 0.15) is 5.82 Å². The minimum atomic E-state index is -0.00490. The van der Waals surface area contributed by atoms with Crippen LogP contribution in [0, 0.1) is 12.3 Å². The number of aliphatic hydroxyl groups excluding tert-OH is 1. The molecule has 1 aromatic carbocycles. The van der Waals surface area contributed by atoms with E-state index in [1.54, 1.807) is 6.20 Å². The van der Waals surface area contributed by atoms with E-state index < -0.39 is 0 Å². The monoisotopic (exact) mass is 240 g/mol. The minimum absolute atomic E-state index is 0.00490. The molecule has 0 saturated carbocycles. The average molecular weight is 240 g/mol. The third-order valence-corrected chi connectivity index (χ3v) is 2.99. The lowest BCUT2D eigenvalue weighted by Gasteiger charge is -2.21. The van der Waals surface area contributed by atoms with Gasteiger partial charge in [-0.1, -0.05) is 30.2 Å². The molecule has 0 aliphatic heterocycles. The molecule has 0 atom stereocenters. The molecular weight excluding hydrogens is 224 g/mol. The van der Waals surface area contributed by atoms with Gasteiger partial charge in [-0.15, -0.1) is 6.42 Å². The van der Waals surface area contributed by atoms with Gasteiger partial charge in [-0.05, 0) is 12.3 Å². The van der Waals surface area contributed by atoms with E-state index >= 15 is 0 Å².